The molecule has 0 heterocycles. The van der Waals surface area contributed by atoms with Crippen LogP contribution in [0.4, 0.5) is 0 Å². The Morgan fingerprint density at radius 2 is 1.41 bits per heavy atom. The predicted molar refractivity (Wildman–Crippen MR) is 100 cm³/mol. The molecule has 0 unspecified atom stereocenters. The van der Waals surface area contributed by atoms with Crippen LogP contribution in [-0.4, -0.2) is 75.8 Å². The molecule has 0 rings (SSSR count). The van der Waals surface area contributed by atoms with E-state index < -0.39 is 60.4 Å². The van der Waals surface area contributed by atoms with Gasteiger partial charge < -0.3 is 37.0 Å². The molecule has 0 aliphatic heterocycles. The number of aliphatic hydroxyl groups excluding tert-OH is 1. The van der Waals surface area contributed by atoms with E-state index in [0.29, 0.717) is 0 Å². The van der Waals surface area contributed by atoms with E-state index in [0.717, 1.165) is 0 Å². The Morgan fingerprint density at radius 3 is 1.86 bits per heavy atom. The Balaban J connectivity index is 4.78. The highest BCUT2D eigenvalue weighted by Gasteiger charge is 2.28. The van der Waals surface area contributed by atoms with Crippen molar-refractivity contribution in [3.63, 3.8) is 0 Å². The molecule has 12 heteroatoms. The van der Waals surface area contributed by atoms with Gasteiger partial charge in [-0.3, -0.25) is 19.2 Å². The first-order chi connectivity index (χ1) is 13.4. The number of carbonyl (C=O) groups excluding carboxylic acids is 3. The first kappa shape index (κ1) is 26.3. The Kier molecular flexibility index (Phi) is 11.5. The maximum Gasteiger partial charge on any atom is 0.326 e. The second-order valence-corrected chi connectivity index (χ2v) is 7.04. The van der Waals surface area contributed by atoms with Crippen LogP contribution in [0.2, 0.25) is 0 Å². The van der Waals surface area contributed by atoms with Gasteiger partial charge in [0.05, 0.1) is 12.6 Å². The fourth-order valence-electron chi connectivity index (χ4n) is 2.25. The lowest BCUT2D eigenvalue weighted by atomic mass is 10.0. The summed E-state index contributed by atoms with van der Waals surface area (Å²) >= 11 is 0. The fourth-order valence-corrected chi connectivity index (χ4v) is 2.25. The first-order valence-electron chi connectivity index (χ1n) is 9.11. The molecule has 0 bridgehead atoms. The van der Waals surface area contributed by atoms with Crippen molar-refractivity contribution in [2.45, 2.75) is 64.2 Å². The van der Waals surface area contributed by atoms with E-state index in [2.05, 4.69) is 16.0 Å². The molecule has 0 radical (unpaired) electrons. The SMILES string of the molecule is CC(C)C[C@H](NC(=O)[C@H](C)NC(=O)[C@H](CO)NC(=O)[C@@H](N)CCC(=O)O)C(=O)O. The molecule has 0 aliphatic carbocycles. The van der Waals surface area contributed by atoms with Crippen molar-refractivity contribution in [2.75, 3.05) is 6.61 Å². The van der Waals surface area contributed by atoms with Crippen LogP contribution in [0.5, 0.6) is 0 Å². The van der Waals surface area contributed by atoms with Crippen molar-refractivity contribution in [1.82, 2.24) is 16.0 Å². The summed E-state index contributed by atoms with van der Waals surface area (Å²) in [5.41, 5.74) is 5.53. The van der Waals surface area contributed by atoms with Gasteiger partial charge in [0.15, 0.2) is 0 Å². The van der Waals surface area contributed by atoms with Crippen molar-refractivity contribution in [1.29, 1.82) is 0 Å². The lowest BCUT2D eigenvalue weighted by molar-refractivity contribution is -0.142. The molecule has 12 nitrogen and oxygen atoms in total. The number of carboxylic acid groups (broad SMARTS) is 2. The Labute approximate surface area is 168 Å². The molecule has 0 fully saturated rings. The van der Waals surface area contributed by atoms with Crippen molar-refractivity contribution in [3.05, 3.63) is 0 Å². The molecule has 0 aromatic carbocycles. The number of hydrogen-bond acceptors (Lipinski definition) is 7. The molecule has 4 atom stereocenters. The quantitative estimate of drug-likeness (QED) is 0.172. The van der Waals surface area contributed by atoms with E-state index in [1.807, 2.05) is 0 Å². The molecule has 0 spiro atoms. The molecular weight excluding hydrogens is 388 g/mol. The smallest absolute Gasteiger partial charge is 0.326 e. The van der Waals surface area contributed by atoms with Gasteiger partial charge in [-0.2, -0.15) is 0 Å². The second-order valence-electron chi connectivity index (χ2n) is 7.04. The number of nitrogens with one attached hydrogen (secondary N) is 3. The van der Waals surface area contributed by atoms with E-state index in [-0.39, 0.29) is 25.2 Å². The summed E-state index contributed by atoms with van der Waals surface area (Å²) in [5.74, 6) is -4.79. The van der Waals surface area contributed by atoms with Crippen LogP contribution in [0.15, 0.2) is 0 Å². The lowest BCUT2D eigenvalue weighted by Crippen LogP contribution is -2.57. The van der Waals surface area contributed by atoms with Crippen LogP contribution in [0.3, 0.4) is 0 Å². The number of hydrogen-bond donors (Lipinski definition) is 7. The molecule has 0 saturated heterocycles. The summed E-state index contributed by atoms with van der Waals surface area (Å²) in [6.45, 7) is 4.12. The summed E-state index contributed by atoms with van der Waals surface area (Å²) < 4.78 is 0. The third kappa shape index (κ3) is 10.4. The number of amides is 3. The molecule has 0 saturated carbocycles. The molecule has 0 aromatic rings. The van der Waals surface area contributed by atoms with Gasteiger partial charge in [-0.25, -0.2) is 4.79 Å². The summed E-state index contributed by atoms with van der Waals surface area (Å²) in [6.07, 6.45) is -0.305. The Morgan fingerprint density at radius 1 is 0.862 bits per heavy atom. The number of carboxylic acids is 2. The van der Waals surface area contributed by atoms with E-state index in [9.17, 15) is 29.1 Å². The standard InChI is InChI=1S/C17H30N4O8/c1-8(2)6-11(17(28)29)20-14(25)9(3)19-16(27)12(7-22)21-15(26)10(18)4-5-13(23)24/h8-12,22H,4-7,18H2,1-3H3,(H,19,27)(H,20,25)(H,21,26)(H,23,24)(H,28,29)/t9-,10-,11-,12-/m0/s1. The maximum atomic E-state index is 12.2. The van der Waals surface area contributed by atoms with Gasteiger partial charge in [0.2, 0.25) is 17.7 Å². The van der Waals surface area contributed by atoms with Crippen LogP contribution in [0.25, 0.3) is 0 Å². The highest BCUT2D eigenvalue weighted by molar-refractivity contribution is 5.94. The third-order valence-corrected chi connectivity index (χ3v) is 3.90. The third-order valence-electron chi connectivity index (χ3n) is 3.90. The van der Waals surface area contributed by atoms with Gasteiger partial charge in [-0.1, -0.05) is 13.8 Å². The molecule has 29 heavy (non-hydrogen) atoms. The minimum Gasteiger partial charge on any atom is -0.481 e. The van der Waals surface area contributed by atoms with E-state index in [1.54, 1.807) is 13.8 Å². The second kappa shape index (κ2) is 12.7. The van der Waals surface area contributed by atoms with Gasteiger partial charge in [-0.05, 0) is 25.7 Å². The van der Waals surface area contributed by atoms with Crippen LogP contribution in [-0.2, 0) is 24.0 Å². The lowest BCUT2D eigenvalue weighted by Gasteiger charge is -2.22. The van der Waals surface area contributed by atoms with Gasteiger partial charge in [0.25, 0.3) is 0 Å². The van der Waals surface area contributed by atoms with Crippen molar-refractivity contribution in [3.8, 4) is 0 Å². The first-order valence-corrected chi connectivity index (χ1v) is 9.11. The van der Waals surface area contributed by atoms with Crippen molar-refractivity contribution in [2.24, 2.45) is 11.7 Å². The van der Waals surface area contributed by atoms with Crippen molar-refractivity contribution < 1.29 is 39.3 Å². The summed E-state index contributed by atoms with van der Waals surface area (Å²) in [5, 5.41) is 33.8. The zero-order valence-electron chi connectivity index (χ0n) is 16.7. The fraction of sp³-hybridized carbons (Fsp3) is 0.706. The zero-order valence-corrected chi connectivity index (χ0v) is 16.7. The predicted octanol–water partition coefficient (Wildman–Crippen LogP) is -2.22. The number of rotatable bonds is 13. The van der Waals surface area contributed by atoms with E-state index >= 15 is 0 Å². The molecule has 0 aromatic heterocycles. The highest BCUT2D eigenvalue weighted by Crippen LogP contribution is 2.05. The van der Waals surface area contributed by atoms with Gasteiger partial charge >= 0.3 is 11.9 Å². The average molecular weight is 418 g/mol. The minimum absolute atomic E-state index is 0.0145. The normalized spacial score (nSPS) is 15.0. The van der Waals surface area contributed by atoms with Gasteiger partial charge in [0.1, 0.15) is 18.1 Å². The van der Waals surface area contributed by atoms with Gasteiger partial charge in [-0.15, -0.1) is 0 Å². The molecular formula is C17H30N4O8. The topological polar surface area (TPSA) is 208 Å². The number of carbonyl (C=O) groups is 5. The molecule has 8 N–H and O–H groups in total. The average Bonchev–Trinajstić information content (AvgIpc) is 2.62. The number of nitrogens with two attached hydrogens (primary N) is 1. The monoisotopic (exact) mass is 418 g/mol. The van der Waals surface area contributed by atoms with Crippen LogP contribution in [0.1, 0.15) is 40.0 Å². The largest absolute Gasteiger partial charge is 0.481 e. The Bertz CT molecular complexity index is 610. The number of aliphatic hydroxyl groups is 1. The molecule has 166 valence electrons. The molecule has 3 amide bonds. The summed E-state index contributed by atoms with van der Waals surface area (Å²) in [6, 6.07) is -4.87. The maximum absolute atomic E-state index is 12.2. The summed E-state index contributed by atoms with van der Waals surface area (Å²) in [7, 11) is 0. The van der Waals surface area contributed by atoms with E-state index in [1.165, 1.54) is 6.92 Å². The van der Waals surface area contributed by atoms with Crippen molar-refractivity contribution >= 4 is 29.7 Å². The summed E-state index contributed by atoms with van der Waals surface area (Å²) in [4.78, 5) is 58.0. The van der Waals surface area contributed by atoms with Crippen LogP contribution in [0, 0.1) is 5.92 Å². The Hall–Kier alpha value is -2.73. The minimum atomic E-state index is -1.42. The highest BCUT2D eigenvalue weighted by atomic mass is 16.4. The zero-order chi connectivity index (χ0) is 22.7. The molecule has 0 aliphatic rings. The number of aliphatic carboxylic acids is 2. The van der Waals surface area contributed by atoms with Gasteiger partial charge in [0, 0.05) is 6.42 Å². The van der Waals surface area contributed by atoms with Crippen LogP contribution < -0.4 is 21.7 Å². The van der Waals surface area contributed by atoms with Crippen LogP contribution >= 0.6 is 0 Å². The van der Waals surface area contributed by atoms with E-state index in [4.69, 9.17) is 15.9 Å².